The summed E-state index contributed by atoms with van der Waals surface area (Å²) in [6.45, 7) is 14.1. The molecule has 0 radical (unpaired) electrons. The third-order valence-electron chi connectivity index (χ3n) is 14.8. The zero-order valence-electron chi connectivity index (χ0n) is 38.4. The van der Waals surface area contributed by atoms with E-state index in [-0.39, 0.29) is 59.5 Å². The van der Waals surface area contributed by atoms with E-state index in [1.807, 2.05) is 35.2 Å². The van der Waals surface area contributed by atoms with Crippen molar-refractivity contribution < 1.29 is 23.9 Å². The largest absolute Gasteiger partial charge is 0.489 e. The highest BCUT2D eigenvalue weighted by atomic mass is 35.5. The molecule has 15 nitrogen and oxygen atoms in total. The van der Waals surface area contributed by atoms with Crippen molar-refractivity contribution in [2.75, 3.05) is 50.7 Å². The lowest BCUT2D eigenvalue weighted by Gasteiger charge is -2.63. The summed E-state index contributed by atoms with van der Waals surface area (Å²) >= 11 is 6.25. The van der Waals surface area contributed by atoms with Crippen LogP contribution < -0.4 is 25.8 Å². The molecule has 4 amide bonds. The minimum atomic E-state index is -0.886. The van der Waals surface area contributed by atoms with E-state index in [1.54, 1.807) is 30.3 Å². The number of benzene rings is 3. The first-order valence-corrected chi connectivity index (χ1v) is 23.7. The standard InChI is InChI=1S/C51H56ClN9O6/c1-50(2)48(51(3,4)49(50)67-38-13-11-35(27-53)40(52)26-38)55-44(63)34-9-7-31(8-10-34)5-6-32-17-21-58(22-18-32)28-33-19-23-59(24-20-33)46(65)36-29-60(30-36)37-12-14-41-39(25-37)47(66)61(57-56-41)42-15-16-43(62)54-45(42)64/h7-14,25-26,32-33,36,42,48-49H,15-24,28-30H2,1-4H3,(H,55,63)(H,54,62,64)/t42?,48-,49-. The Kier molecular flexibility index (Phi) is 12.6. The molecule has 0 bridgehead atoms. The van der Waals surface area contributed by atoms with Crippen LogP contribution in [0.2, 0.25) is 5.02 Å². The van der Waals surface area contributed by atoms with E-state index < -0.39 is 17.5 Å². The highest BCUT2D eigenvalue weighted by molar-refractivity contribution is 6.31. The zero-order valence-corrected chi connectivity index (χ0v) is 39.1. The molecular weight excluding hydrogens is 870 g/mol. The molecule has 4 aliphatic heterocycles. The van der Waals surface area contributed by atoms with Crippen LogP contribution in [0.1, 0.15) is 93.7 Å². The number of imide groups is 1. The maximum Gasteiger partial charge on any atom is 0.278 e. The topological polar surface area (TPSA) is 183 Å². The van der Waals surface area contributed by atoms with E-state index in [0.29, 0.717) is 57.7 Å². The monoisotopic (exact) mass is 925 g/mol. The van der Waals surface area contributed by atoms with Gasteiger partial charge in [0.05, 0.1) is 21.9 Å². The average Bonchev–Trinajstić information content (AvgIpc) is 3.30. The lowest BCUT2D eigenvalue weighted by Crippen LogP contribution is -2.74. The molecule has 2 N–H and O–H groups in total. The average molecular weight is 927 g/mol. The van der Waals surface area contributed by atoms with Gasteiger partial charge in [0.1, 0.15) is 29.5 Å². The number of carbonyl (C=O) groups is 4. The Balaban J connectivity index is 0.690. The fourth-order valence-electron chi connectivity index (χ4n) is 11.1. The molecule has 1 aliphatic carbocycles. The van der Waals surface area contributed by atoms with E-state index in [1.165, 1.54) is 0 Å². The summed E-state index contributed by atoms with van der Waals surface area (Å²) in [5.41, 5.74) is 1.94. The van der Waals surface area contributed by atoms with E-state index in [0.717, 1.165) is 74.3 Å². The second kappa shape index (κ2) is 18.4. The van der Waals surface area contributed by atoms with Gasteiger partial charge in [0.15, 0.2) is 0 Å². The van der Waals surface area contributed by atoms with Gasteiger partial charge in [-0.05, 0) is 106 Å². The van der Waals surface area contributed by atoms with E-state index in [2.05, 4.69) is 76.4 Å². The second-order valence-corrected chi connectivity index (χ2v) is 20.5. The Labute approximate surface area is 395 Å². The number of hydrogen-bond acceptors (Lipinski definition) is 11. The predicted octanol–water partition coefficient (Wildman–Crippen LogP) is 5.34. The summed E-state index contributed by atoms with van der Waals surface area (Å²) in [7, 11) is 0. The fourth-order valence-corrected chi connectivity index (χ4v) is 11.3. The van der Waals surface area contributed by atoms with Crippen LogP contribution in [0.25, 0.3) is 10.9 Å². The number of amides is 4. The molecule has 4 saturated heterocycles. The molecule has 1 aromatic heterocycles. The molecule has 9 rings (SSSR count). The Morgan fingerprint density at radius 1 is 0.910 bits per heavy atom. The third-order valence-corrected chi connectivity index (χ3v) is 15.1. The number of anilines is 1. The quantitative estimate of drug-likeness (QED) is 0.163. The molecule has 5 fully saturated rings. The number of carbonyl (C=O) groups excluding carboxylic acids is 4. The highest BCUT2D eigenvalue weighted by Crippen LogP contribution is 2.55. The van der Waals surface area contributed by atoms with Gasteiger partial charge in [-0.1, -0.05) is 56.4 Å². The van der Waals surface area contributed by atoms with Gasteiger partial charge in [-0.3, -0.25) is 29.3 Å². The van der Waals surface area contributed by atoms with Crippen LogP contribution in [-0.4, -0.2) is 106 Å². The number of hydrogen-bond donors (Lipinski definition) is 2. The summed E-state index contributed by atoms with van der Waals surface area (Å²) in [6.07, 6.45) is 4.14. The maximum absolute atomic E-state index is 13.5. The smallest absolute Gasteiger partial charge is 0.278 e. The van der Waals surface area contributed by atoms with Gasteiger partial charge in [-0.15, -0.1) is 5.10 Å². The normalized spacial score (nSPS) is 23.3. The molecular formula is C51H56ClN9O6. The number of nitrogens with zero attached hydrogens (tertiary/aromatic N) is 7. The molecule has 16 heteroatoms. The molecule has 5 aliphatic rings. The summed E-state index contributed by atoms with van der Waals surface area (Å²) in [6, 6.07) is 19.0. The summed E-state index contributed by atoms with van der Waals surface area (Å²) < 4.78 is 7.44. The number of nitrogens with one attached hydrogen (secondary N) is 2. The first-order valence-electron chi connectivity index (χ1n) is 23.4. The summed E-state index contributed by atoms with van der Waals surface area (Å²) in [4.78, 5) is 71.0. The van der Waals surface area contributed by atoms with Gasteiger partial charge >= 0.3 is 0 Å². The van der Waals surface area contributed by atoms with Crippen LogP contribution in [0.3, 0.4) is 0 Å². The van der Waals surface area contributed by atoms with Gasteiger partial charge in [0.25, 0.3) is 17.4 Å². The second-order valence-electron chi connectivity index (χ2n) is 20.1. The lowest BCUT2D eigenvalue weighted by molar-refractivity contribution is -0.164. The molecule has 67 heavy (non-hydrogen) atoms. The first kappa shape index (κ1) is 45.8. The van der Waals surface area contributed by atoms with Crippen LogP contribution in [0, 0.1) is 51.8 Å². The number of rotatable bonds is 9. The molecule has 3 aromatic carbocycles. The summed E-state index contributed by atoms with van der Waals surface area (Å²) in [5, 5.41) is 23.6. The van der Waals surface area contributed by atoms with Gasteiger partial charge < -0.3 is 24.8 Å². The summed E-state index contributed by atoms with van der Waals surface area (Å²) in [5.74, 6) is 7.34. The Morgan fingerprint density at radius 3 is 2.30 bits per heavy atom. The van der Waals surface area contributed by atoms with E-state index in [9.17, 15) is 29.2 Å². The van der Waals surface area contributed by atoms with Crippen LogP contribution in [0.15, 0.2) is 65.5 Å². The van der Waals surface area contributed by atoms with Crippen molar-refractivity contribution in [3.05, 3.63) is 92.7 Å². The van der Waals surface area contributed by atoms with Crippen molar-refractivity contribution >= 4 is 51.8 Å². The zero-order chi connectivity index (χ0) is 47.2. The SMILES string of the molecule is CC1(C)[C@H](NC(=O)c2ccc(C#CC3CCN(CC4CCN(C(=O)C5CN(c6ccc7nnn(C8CCC(=O)NC8=O)c(=O)c7c6)C5)CC4)CC3)cc2)C(C)(C)[C@H]1Oc1ccc(C#N)c(Cl)c1. The Hall–Kier alpha value is -6.29. The van der Waals surface area contributed by atoms with Crippen molar-refractivity contribution in [2.45, 2.75) is 84.4 Å². The molecule has 1 unspecified atom stereocenters. The first-order chi connectivity index (χ1) is 32.1. The van der Waals surface area contributed by atoms with Crippen molar-refractivity contribution in [2.24, 2.45) is 28.6 Å². The van der Waals surface area contributed by atoms with Crippen molar-refractivity contribution in [3.8, 4) is 23.7 Å². The minimum Gasteiger partial charge on any atom is -0.489 e. The Bertz CT molecular complexity index is 2750. The molecule has 4 aromatic rings. The number of fused-ring (bicyclic) bond motifs is 1. The molecule has 1 atom stereocenters. The molecule has 5 heterocycles. The minimum absolute atomic E-state index is 0.100. The van der Waals surface area contributed by atoms with Crippen LogP contribution in [-0.2, 0) is 14.4 Å². The van der Waals surface area contributed by atoms with Crippen LogP contribution in [0.4, 0.5) is 5.69 Å². The van der Waals surface area contributed by atoms with Crippen molar-refractivity contribution in [1.82, 2.24) is 35.4 Å². The van der Waals surface area contributed by atoms with Gasteiger partial charge in [0.2, 0.25) is 11.8 Å². The van der Waals surface area contributed by atoms with E-state index in [4.69, 9.17) is 16.3 Å². The van der Waals surface area contributed by atoms with Crippen molar-refractivity contribution in [1.29, 1.82) is 5.26 Å². The number of aromatic nitrogens is 3. The lowest BCUT2D eigenvalue weighted by atomic mass is 9.49. The molecule has 348 valence electrons. The molecule has 0 spiro atoms. The predicted molar refractivity (Wildman–Crippen MR) is 252 cm³/mol. The third kappa shape index (κ3) is 9.24. The number of piperidine rings is 3. The number of nitriles is 1. The number of halogens is 1. The number of ether oxygens (including phenoxy) is 1. The molecule has 1 saturated carbocycles. The van der Waals surface area contributed by atoms with Gasteiger partial charge in [-0.2, -0.15) is 9.94 Å². The van der Waals surface area contributed by atoms with E-state index >= 15 is 0 Å². The van der Waals surface area contributed by atoms with Gasteiger partial charge in [-0.25, -0.2) is 0 Å². The van der Waals surface area contributed by atoms with Crippen molar-refractivity contribution in [3.63, 3.8) is 0 Å². The maximum atomic E-state index is 13.5. The van der Waals surface area contributed by atoms with Crippen LogP contribution >= 0.6 is 11.6 Å². The fraction of sp³-hybridized carbons (Fsp3) is 0.490. The van der Waals surface area contributed by atoms with Gasteiger partial charge in [0, 0.05) is 84.8 Å². The number of likely N-dealkylation sites (tertiary alicyclic amines) is 2. The van der Waals surface area contributed by atoms with Crippen LogP contribution in [0.5, 0.6) is 5.75 Å². The Morgan fingerprint density at radius 2 is 1.63 bits per heavy atom. The highest BCUT2D eigenvalue weighted by Gasteiger charge is 2.64.